The summed E-state index contributed by atoms with van der Waals surface area (Å²) in [5.41, 5.74) is 0.202. The van der Waals surface area contributed by atoms with E-state index in [1.165, 1.54) is 13.0 Å². The third kappa shape index (κ3) is 3.85. The van der Waals surface area contributed by atoms with E-state index < -0.39 is 32.5 Å². The molecule has 19 heavy (non-hydrogen) atoms. The molecule has 1 N–H and O–H groups in total. The van der Waals surface area contributed by atoms with Crippen molar-refractivity contribution in [2.75, 3.05) is 0 Å². The van der Waals surface area contributed by atoms with E-state index in [-0.39, 0.29) is 5.57 Å². The maximum atomic E-state index is 13.4. The van der Waals surface area contributed by atoms with Crippen LogP contribution in [0.15, 0.2) is 34.7 Å². The number of carbonyl (C=O) groups is 1. The van der Waals surface area contributed by atoms with Crippen LogP contribution in [-0.2, 0) is 14.8 Å². The van der Waals surface area contributed by atoms with Gasteiger partial charge in [0.05, 0.1) is 0 Å². The minimum absolute atomic E-state index is 0.202. The van der Waals surface area contributed by atoms with Crippen molar-refractivity contribution < 1.29 is 22.0 Å². The molecule has 1 aromatic rings. The predicted molar refractivity (Wildman–Crippen MR) is 65.7 cm³/mol. The molecule has 0 radical (unpaired) electrons. The van der Waals surface area contributed by atoms with Gasteiger partial charge in [0.2, 0.25) is 0 Å². The van der Waals surface area contributed by atoms with Crippen LogP contribution in [0.4, 0.5) is 8.78 Å². The van der Waals surface area contributed by atoms with Crippen molar-refractivity contribution in [3.8, 4) is 0 Å². The zero-order valence-electron chi connectivity index (χ0n) is 10.4. The van der Waals surface area contributed by atoms with Gasteiger partial charge in [-0.3, -0.25) is 4.79 Å². The fourth-order valence-electron chi connectivity index (χ4n) is 1.35. The highest BCUT2D eigenvalue weighted by Gasteiger charge is 2.22. The second-order valence-corrected chi connectivity index (χ2v) is 5.46. The summed E-state index contributed by atoms with van der Waals surface area (Å²) in [6, 6.07) is 2.00. The van der Waals surface area contributed by atoms with E-state index in [0.29, 0.717) is 12.5 Å². The molecule has 0 aliphatic rings. The van der Waals surface area contributed by atoms with Gasteiger partial charge in [0.1, 0.15) is 16.5 Å². The first-order valence-corrected chi connectivity index (χ1v) is 6.95. The number of hydrogen-bond donors (Lipinski definition) is 1. The Morgan fingerprint density at radius 2 is 2.00 bits per heavy atom. The van der Waals surface area contributed by atoms with Crippen LogP contribution in [0.25, 0.3) is 0 Å². The highest BCUT2D eigenvalue weighted by Crippen LogP contribution is 2.15. The Balaban J connectivity index is 3.06. The summed E-state index contributed by atoms with van der Waals surface area (Å²) in [5.74, 6) is -2.99. The molecule has 0 aliphatic heterocycles. The van der Waals surface area contributed by atoms with Crippen LogP contribution >= 0.6 is 0 Å². The molecule has 0 heterocycles. The first-order valence-electron chi connectivity index (χ1n) is 5.47. The van der Waals surface area contributed by atoms with Gasteiger partial charge in [-0.25, -0.2) is 21.9 Å². The lowest BCUT2D eigenvalue weighted by atomic mass is 10.2. The van der Waals surface area contributed by atoms with E-state index in [2.05, 4.69) is 0 Å². The molecule has 0 unspecified atom stereocenters. The Morgan fingerprint density at radius 3 is 2.53 bits per heavy atom. The minimum Gasteiger partial charge on any atom is -0.269 e. The Morgan fingerprint density at radius 1 is 1.37 bits per heavy atom. The molecule has 0 fully saturated rings. The third-order valence-corrected chi connectivity index (χ3v) is 3.64. The molecule has 0 spiro atoms. The number of hydrogen-bond acceptors (Lipinski definition) is 3. The van der Waals surface area contributed by atoms with Gasteiger partial charge < -0.3 is 0 Å². The average Bonchev–Trinajstić information content (AvgIpc) is 2.27. The van der Waals surface area contributed by atoms with Gasteiger partial charge in [-0.15, -0.1) is 0 Å². The molecule has 4 nitrogen and oxygen atoms in total. The van der Waals surface area contributed by atoms with Crippen LogP contribution < -0.4 is 4.72 Å². The summed E-state index contributed by atoms with van der Waals surface area (Å²) in [7, 11) is -4.35. The quantitative estimate of drug-likeness (QED) is 0.864. The zero-order valence-corrected chi connectivity index (χ0v) is 11.2. The van der Waals surface area contributed by atoms with E-state index in [4.69, 9.17) is 0 Å². The van der Waals surface area contributed by atoms with Gasteiger partial charge in [-0.1, -0.05) is 13.0 Å². The summed E-state index contributed by atoms with van der Waals surface area (Å²) in [4.78, 5) is 10.8. The number of sulfonamides is 1. The Labute approximate surface area is 110 Å². The summed E-state index contributed by atoms with van der Waals surface area (Å²) in [6.07, 6.45) is 2.09. The van der Waals surface area contributed by atoms with Gasteiger partial charge in [-0.2, -0.15) is 0 Å². The number of rotatable bonds is 4. The molecule has 1 rings (SSSR count). The molecule has 0 bridgehead atoms. The number of benzene rings is 1. The van der Waals surface area contributed by atoms with Crippen LogP contribution in [0.1, 0.15) is 20.3 Å². The topological polar surface area (TPSA) is 63.2 Å². The fraction of sp³-hybridized carbons (Fsp3) is 0.250. The predicted octanol–water partition coefficient (Wildman–Crippen LogP) is 2.13. The molecule has 7 heteroatoms. The van der Waals surface area contributed by atoms with Crippen LogP contribution in [0.3, 0.4) is 0 Å². The summed E-state index contributed by atoms with van der Waals surface area (Å²) >= 11 is 0. The van der Waals surface area contributed by atoms with Gasteiger partial charge in [0.15, 0.2) is 0 Å². The summed E-state index contributed by atoms with van der Waals surface area (Å²) in [5, 5.41) is 0. The van der Waals surface area contributed by atoms with Crippen LogP contribution in [0, 0.1) is 11.6 Å². The van der Waals surface area contributed by atoms with Gasteiger partial charge in [0.25, 0.3) is 15.9 Å². The van der Waals surface area contributed by atoms with E-state index in [1.807, 2.05) is 0 Å². The molecule has 1 aromatic carbocycles. The number of halogens is 2. The fourth-order valence-corrected chi connectivity index (χ4v) is 2.43. The maximum Gasteiger partial charge on any atom is 0.267 e. The standard InChI is InChI=1S/C12H13F2NO3S/c1-3-4-8(2)12(16)15-19(17,18)11-6-5-9(13)7-10(11)14/h4-7H,3H2,1-2H3,(H,15,16)/b8-4-. The molecule has 104 valence electrons. The number of amides is 1. The van der Waals surface area contributed by atoms with Crippen molar-refractivity contribution in [3.05, 3.63) is 41.5 Å². The molecule has 0 atom stereocenters. The Kier molecular flexibility index (Phi) is 4.77. The number of carbonyl (C=O) groups excluding carboxylic acids is 1. The molecule has 0 saturated carbocycles. The normalized spacial score (nSPS) is 12.3. The highest BCUT2D eigenvalue weighted by atomic mass is 32.2. The van der Waals surface area contributed by atoms with E-state index >= 15 is 0 Å². The Bertz CT molecular complexity index is 624. The van der Waals surface area contributed by atoms with Gasteiger partial charge in [-0.05, 0) is 25.5 Å². The molecular weight excluding hydrogens is 276 g/mol. The SMILES string of the molecule is CC/C=C(/C)C(=O)NS(=O)(=O)c1ccc(F)cc1F. The summed E-state index contributed by atoms with van der Waals surface area (Å²) < 4.78 is 51.3. The van der Waals surface area contributed by atoms with Crippen molar-refractivity contribution in [3.63, 3.8) is 0 Å². The monoisotopic (exact) mass is 289 g/mol. The van der Waals surface area contributed by atoms with Crippen molar-refractivity contribution in [1.29, 1.82) is 0 Å². The maximum absolute atomic E-state index is 13.4. The summed E-state index contributed by atoms with van der Waals surface area (Å²) in [6.45, 7) is 3.22. The van der Waals surface area contributed by atoms with Gasteiger partial charge >= 0.3 is 0 Å². The first-order chi connectivity index (χ1) is 8.77. The van der Waals surface area contributed by atoms with Crippen molar-refractivity contribution in [1.82, 2.24) is 4.72 Å². The lowest BCUT2D eigenvalue weighted by molar-refractivity contribution is -0.115. The van der Waals surface area contributed by atoms with E-state index in [9.17, 15) is 22.0 Å². The largest absolute Gasteiger partial charge is 0.269 e. The van der Waals surface area contributed by atoms with Crippen molar-refractivity contribution in [2.45, 2.75) is 25.2 Å². The molecule has 1 amide bonds. The second kappa shape index (κ2) is 5.92. The van der Waals surface area contributed by atoms with Crippen molar-refractivity contribution in [2.24, 2.45) is 0 Å². The minimum atomic E-state index is -4.35. The van der Waals surface area contributed by atoms with Crippen LogP contribution in [0.5, 0.6) is 0 Å². The molecule has 0 aliphatic carbocycles. The average molecular weight is 289 g/mol. The molecule has 0 aromatic heterocycles. The first kappa shape index (κ1) is 15.3. The lowest BCUT2D eigenvalue weighted by Crippen LogP contribution is -2.31. The highest BCUT2D eigenvalue weighted by molar-refractivity contribution is 7.90. The van der Waals surface area contributed by atoms with Gasteiger partial charge in [0, 0.05) is 11.6 Å². The number of nitrogens with one attached hydrogen (secondary N) is 1. The molecule has 0 saturated heterocycles. The smallest absolute Gasteiger partial charge is 0.267 e. The van der Waals surface area contributed by atoms with Crippen LogP contribution in [-0.4, -0.2) is 14.3 Å². The number of allylic oxidation sites excluding steroid dienone is 1. The Hall–Kier alpha value is -1.76. The molecular formula is C12H13F2NO3S. The third-order valence-electron chi connectivity index (χ3n) is 2.28. The zero-order chi connectivity index (χ0) is 14.6. The van der Waals surface area contributed by atoms with E-state index in [0.717, 1.165) is 12.1 Å². The lowest BCUT2D eigenvalue weighted by Gasteiger charge is -2.08. The van der Waals surface area contributed by atoms with Crippen LogP contribution in [0.2, 0.25) is 0 Å². The second-order valence-electron chi connectivity index (χ2n) is 3.80. The van der Waals surface area contributed by atoms with Crippen molar-refractivity contribution >= 4 is 15.9 Å². The van der Waals surface area contributed by atoms with E-state index in [1.54, 1.807) is 11.6 Å².